The Kier molecular flexibility index (Phi) is 2.36. The molecule has 1 aromatic rings. The highest BCUT2D eigenvalue weighted by molar-refractivity contribution is 7.95. The number of methoxy groups -OCH3 is 1. The van der Waals surface area contributed by atoms with E-state index in [4.69, 9.17) is 4.74 Å². The van der Waals surface area contributed by atoms with Gasteiger partial charge in [0.15, 0.2) is 0 Å². The summed E-state index contributed by atoms with van der Waals surface area (Å²) in [5.41, 5.74) is 0.391. The van der Waals surface area contributed by atoms with E-state index >= 15 is 0 Å². The summed E-state index contributed by atoms with van der Waals surface area (Å²) in [4.78, 5) is 0.321. The summed E-state index contributed by atoms with van der Waals surface area (Å²) in [6.07, 6.45) is 1.44. The summed E-state index contributed by atoms with van der Waals surface area (Å²) in [7, 11) is -2.04. The van der Waals surface area contributed by atoms with Gasteiger partial charge in [-0.25, -0.2) is 12.8 Å². The molecule has 5 heteroatoms. The van der Waals surface area contributed by atoms with Gasteiger partial charge in [0.05, 0.1) is 16.4 Å². The van der Waals surface area contributed by atoms with E-state index < -0.39 is 15.7 Å². The first kappa shape index (κ1) is 10.3. The van der Waals surface area contributed by atoms with E-state index in [1.807, 2.05) is 0 Å². The highest BCUT2D eigenvalue weighted by Gasteiger charge is 2.29. The molecule has 0 N–H and O–H groups in total. The predicted octanol–water partition coefficient (Wildman–Crippen LogP) is 1.60. The second kappa shape index (κ2) is 3.43. The molecule has 1 aliphatic rings. The molecule has 1 heterocycles. The SMILES string of the molecule is COCC1=Cc2cc(F)ccc2S1(=O)=O. The molecule has 1 aromatic carbocycles. The van der Waals surface area contributed by atoms with Gasteiger partial charge >= 0.3 is 0 Å². The lowest BCUT2D eigenvalue weighted by molar-refractivity contribution is 0.231. The van der Waals surface area contributed by atoms with E-state index in [2.05, 4.69) is 0 Å². The van der Waals surface area contributed by atoms with Crippen molar-refractivity contribution in [1.82, 2.24) is 0 Å². The van der Waals surface area contributed by atoms with Crippen LogP contribution in [0.25, 0.3) is 6.08 Å². The summed E-state index contributed by atoms with van der Waals surface area (Å²) < 4.78 is 41.3. The van der Waals surface area contributed by atoms with Crippen molar-refractivity contribution in [2.45, 2.75) is 4.90 Å². The summed E-state index contributed by atoms with van der Waals surface area (Å²) in [5, 5.41) is 0. The first-order valence-electron chi connectivity index (χ1n) is 4.30. The smallest absolute Gasteiger partial charge is 0.205 e. The molecule has 80 valence electrons. The van der Waals surface area contributed by atoms with Crippen LogP contribution in [-0.2, 0) is 14.6 Å². The zero-order valence-electron chi connectivity index (χ0n) is 8.03. The fraction of sp³-hybridized carbons (Fsp3) is 0.200. The van der Waals surface area contributed by atoms with Gasteiger partial charge in [0, 0.05) is 7.11 Å². The maximum absolute atomic E-state index is 12.9. The van der Waals surface area contributed by atoms with Gasteiger partial charge in [-0.3, -0.25) is 0 Å². The van der Waals surface area contributed by atoms with Crippen LogP contribution >= 0.6 is 0 Å². The van der Waals surface area contributed by atoms with E-state index in [1.54, 1.807) is 0 Å². The molecule has 0 atom stereocenters. The van der Waals surface area contributed by atoms with Gasteiger partial charge < -0.3 is 4.74 Å². The average molecular weight is 228 g/mol. The van der Waals surface area contributed by atoms with Crippen molar-refractivity contribution in [3.8, 4) is 0 Å². The molecular weight excluding hydrogens is 219 g/mol. The van der Waals surface area contributed by atoms with Crippen LogP contribution in [0, 0.1) is 5.82 Å². The minimum absolute atomic E-state index is 0.0125. The molecule has 15 heavy (non-hydrogen) atoms. The standard InChI is InChI=1S/C10H9FO3S/c1-14-6-9-5-7-4-8(11)2-3-10(7)15(9,12)13/h2-5H,6H2,1H3. The zero-order valence-corrected chi connectivity index (χ0v) is 8.84. The molecule has 2 rings (SSSR count). The van der Waals surface area contributed by atoms with Crippen LogP contribution in [0.1, 0.15) is 5.56 Å². The summed E-state index contributed by atoms with van der Waals surface area (Å²) in [5.74, 6) is -0.445. The van der Waals surface area contributed by atoms with Crippen molar-refractivity contribution in [2.24, 2.45) is 0 Å². The molecular formula is C10H9FO3S. The van der Waals surface area contributed by atoms with Gasteiger partial charge in [-0.1, -0.05) is 0 Å². The Balaban J connectivity index is 2.58. The highest BCUT2D eigenvalue weighted by atomic mass is 32.2. The second-order valence-corrected chi connectivity index (χ2v) is 5.20. The van der Waals surface area contributed by atoms with E-state index in [1.165, 1.54) is 25.3 Å². The van der Waals surface area contributed by atoms with E-state index in [0.717, 1.165) is 6.07 Å². The van der Waals surface area contributed by atoms with Crippen LogP contribution in [0.2, 0.25) is 0 Å². The minimum atomic E-state index is -3.46. The first-order chi connectivity index (χ1) is 7.05. The van der Waals surface area contributed by atoms with Crippen molar-refractivity contribution < 1.29 is 17.5 Å². The number of ether oxygens (including phenoxy) is 1. The Hall–Kier alpha value is -1.20. The largest absolute Gasteiger partial charge is 0.379 e. The molecule has 1 aliphatic heterocycles. The number of rotatable bonds is 2. The maximum atomic E-state index is 12.9. The normalized spacial score (nSPS) is 17.3. The second-order valence-electron chi connectivity index (χ2n) is 3.23. The number of hydrogen-bond donors (Lipinski definition) is 0. The maximum Gasteiger partial charge on any atom is 0.205 e. The Labute approximate surface area is 87.1 Å². The van der Waals surface area contributed by atoms with E-state index in [9.17, 15) is 12.8 Å². The number of sulfone groups is 1. The van der Waals surface area contributed by atoms with Crippen LogP contribution < -0.4 is 0 Å². The minimum Gasteiger partial charge on any atom is -0.379 e. The first-order valence-corrected chi connectivity index (χ1v) is 5.78. The van der Waals surface area contributed by atoms with Crippen molar-refractivity contribution in [2.75, 3.05) is 13.7 Å². The molecule has 0 bridgehead atoms. The van der Waals surface area contributed by atoms with Gasteiger partial charge in [-0.05, 0) is 29.8 Å². The van der Waals surface area contributed by atoms with Crippen LogP contribution in [0.5, 0.6) is 0 Å². The summed E-state index contributed by atoms with van der Waals surface area (Å²) in [6, 6.07) is 3.62. The van der Waals surface area contributed by atoms with Crippen LogP contribution in [-0.4, -0.2) is 22.1 Å². The van der Waals surface area contributed by atoms with Gasteiger partial charge in [-0.2, -0.15) is 0 Å². The van der Waals surface area contributed by atoms with Crippen molar-refractivity contribution >= 4 is 15.9 Å². The van der Waals surface area contributed by atoms with Crippen LogP contribution in [0.4, 0.5) is 4.39 Å². The van der Waals surface area contributed by atoms with E-state index in [0.29, 0.717) is 5.56 Å². The number of fused-ring (bicyclic) bond motifs is 1. The number of benzene rings is 1. The third kappa shape index (κ3) is 1.57. The molecule has 0 amide bonds. The Morgan fingerprint density at radius 2 is 2.13 bits per heavy atom. The highest BCUT2D eigenvalue weighted by Crippen LogP contribution is 2.32. The summed E-state index contributed by atoms with van der Waals surface area (Å²) >= 11 is 0. The molecule has 3 nitrogen and oxygen atoms in total. The third-order valence-corrected chi connectivity index (χ3v) is 4.09. The Morgan fingerprint density at radius 1 is 1.40 bits per heavy atom. The monoisotopic (exact) mass is 228 g/mol. The third-order valence-electron chi connectivity index (χ3n) is 2.21. The molecule has 0 saturated carbocycles. The lowest BCUT2D eigenvalue weighted by Gasteiger charge is -2.01. The van der Waals surface area contributed by atoms with Gasteiger partial charge in [0.2, 0.25) is 9.84 Å². The van der Waals surface area contributed by atoms with Gasteiger partial charge in [0.25, 0.3) is 0 Å². The van der Waals surface area contributed by atoms with Crippen molar-refractivity contribution in [1.29, 1.82) is 0 Å². The van der Waals surface area contributed by atoms with Crippen LogP contribution in [0.15, 0.2) is 28.0 Å². The molecule has 0 radical (unpaired) electrons. The average Bonchev–Trinajstić information content (AvgIpc) is 2.39. The molecule has 0 unspecified atom stereocenters. The molecule has 0 aromatic heterocycles. The molecule has 0 saturated heterocycles. The zero-order chi connectivity index (χ0) is 11.1. The number of hydrogen-bond acceptors (Lipinski definition) is 3. The molecule has 0 aliphatic carbocycles. The Bertz CT molecular complexity index is 532. The Morgan fingerprint density at radius 3 is 2.80 bits per heavy atom. The van der Waals surface area contributed by atoms with Gasteiger partial charge in [0.1, 0.15) is 5.82 Å². The van der Waals surface area contributed by atoms with E-state index in [-0.39, 0.29) is 16.4 Å². The lowest BCUT2D eigenvalue weighted by Crippen LogP contribution is -2.05. The quantitative estimate of drug-likeness (QED) is 0.722. The number of halogens is 1. The van der Waals surface area contributed by atoms with Crippen molar-refractivity contribution in [3.63, 3.8) is 0 Å². The van der Waals surface area contributed by atoms with Crippen LogP contribution in [0.3, 0.4) is 0 Å². The van der Waals surface area contributed by atoms with Crippen molar-refractivity contribution in [3.05, 3.63) is 34.5 Å². The topological polar surface area (TPSA) is 43.4 Å². The summed E-state index contributed by atoms with van der Waals surface area (Å²) in [6.45, 7) is 0.0125. The fourth-order valence-corrected chi connectivity index (χ4v) is 3.04. The van der Waals surface area contributed by atoms with Gasteiger partial charge in [-0.15, -0.1) is 0 Å². The predicted molar refractivity (Wildman–Crippen MR) is 53.4 cm³/mol. The molecule has 0 fully saturated rings. The molecule has 0 spiro atoms. The fourth-order valence-electron chi connectivity index (χ4n) is 1.53. The lowest BCUT2D eigenvalue weighted by atomic mass is 10.2.